The van der Waals surface area contributed by atoms with Crippen LogP contribution in [0.25, 0.3) is 0 Å². The Morgan fingerprint density at radius 1 is 1.43 bits per heavy atom. The number of rotatable bonds is 3. The standard InChI is InChI=1S/C10H14N2O2/c1-13-7-5-8(6-7)14-10-9(11)3-2-4-12-10/h2-4,7-8H,5-6,11H2,1H3. The lowest BCUT2D eigenvalue weighted by molar-refractivity contribution is -0.0393. The van der Waals surface area contributed by atoms with E-state index in [0.29, 0.717) is 17.7 Å². The number of methoxy groups -OCH3 is 1. The van der Waals surface area contributed by atoms with Crippen LogP contribution in [-0.4, -0.2) is 24.3 Å². The normalized spacial score (nSPS) is 25.5. The van der Waals surface area contributed by atoms with Crippen LogP contribution in [0.3, 0.4) is 0 Å². The molecule has 0 saturated heterocycles. The second kappa shape index (κ2) is 3.84. The van der Waals surface area contributed by atoms with Crippen molar-refractivity contribution in [1.29, 1.82) is 0 Å². The molecule has 0 atom stereocenters. The summed E-state index contributed by atoms with van der Waals surface area (Å²) in [6.45, 7) is 0. The highest BCUT2D eigenvalue weighted by molar-refractivity contribution is 5.47. The van der Waals surface area contributed by atoms with Gasteiger partial charge in [0.05, 0.1) is 11.8 Å². The zero-order valence-electron chi connectivity index (χ0n) is 8.14. The van der Waals surface area contributed by atoms with Crippen molar-refractivity contribution in [3.05, 3.63) is 18.3 Å². The summed E-state index contributed by atoms with van der Waals surface area (Å²) in [6, 6.07) is 3.58. The lowest BCUT2D eigenvalue weighted by atomic mass is 9.92. The average molecular weight is 194 g/mol. The first-order valence-corrected chi connectivity index (χ1v) is 4.69. The summed E-state index contributed by atoms with van der Waals surface area (Å²) in [5, 5.41) is 0. The van der Waals surface area contributed by atoms with Gasteiger partial charge in [-0.05, 0) is 12.1 Å². The quantitative estimate of drug-likeness (QED) is 0.786. The summed E-state index contributed by atoms with van der Waals surface area (Å²) >= 11 is 0. The smallest absolute Gasteiger partial charge is 0.237 e. The monoisotopic (exact) mass is 194 g/mol. The molecule has 0 bridgehead atoms. The summed E-state index contributed by atoms with van der Waals surface area (Å²) in [7, 11) is 1.72. The van der Waals surface area contributed by atoms with Gasteiger partial charge in [0, 0.05) is 26.1 Å². The number of ether oxygens (including phenoxy) is 2. The Morgan fingerprint density at radius 2 is 2.21 bits per heavy atom. The summed E-state index contributed by atoms with van der Waals surface area (Å²) in [5.41, 5.74) is 6.29. The molecule has 1 fully saturated rings. The van der Waals surface area contributed by atoms with Crippen molar-refractivity contribution in [2.75, 3.05) is 12.8 Å². The molecule has 0 radical (unpaired) electrons. The summed E-state index contributed by atoms with van der Waals surface area (Å²) in [5.74, 6) is 0.534. The van der Waals surface area contributed by atoms with E-state index < -0.39 is 0 Å². The van der Waals surface area contributed by atoms with Crippen LogP contribution in [0.1, 0.15) is 12.8 Å². The van der Waals surface area contributed by atoms with Crippen LogP contribution in [0.2, 0.25) is 0 Å². The van der Waals surface area contributed by atoms with E-state index in [1.807, 2.05) is 0 Å². The van der Waals surface area contributed by atoms with Crippen molar-refractivity contribution in [3.8, 4) is 5.88 Å². The second-order valence-corrected chi connectivity index (χ2v) is 3.47. The van der Waals surface area contributed by atoms with Crippen LogP contribution in [-0.2, 0) is 4.74 Å². The molecule has 1 saturated carbocycles. The van der Waals surface area contributed by atoms with Crippen LogP contribution in [0.15, 0.2) is 18.3 Å². The Kier molecular flexibility index (Phi) is 2.54. The zero-order valence-corrected chi connectivity index (χ0v) is 8.14. The fourth-order valence-corrected chi connectivity index (χ4v) is 1.47. The Balaban J connectivity index is 1.90. The highest BCUT2D eigenvalue weighted by Gasteiger charge is 2.31. The van der Waals surface area contributed by atoms with E-state index in [9.17, 15) is 0 Å². The molecule has 4 heteroatoms. The van der Waals surface area contributed by atoms with Gasteiger partial charge in [-0.25, -0.2) is 4.98 Å². The lowest BCUT2D eigenvalue weighted by Gasteiger charge is -2.33. The summed E-state index contributed by atoms with van der Waals surface area (Å²) in [6.07, 6.45) is 4.07. The van der Waals surface area contributed by atoms with E-state index in [-0.39, 0.29) is 6.10 Å². The number of anilines is 1. The molecule has 1 heterocycles. The Bertz CT molecular complexity index is 311. The predicted molar refractivity (Wildman–Crippen MR) is 53.1 cm³/mol. The Labute approximate surface area is 83.0 Å². The average Bonchev–Trinajstić information content (AvgIpc) is 2.13. The topological polar surface area (TPSA) is 57.4 Å². The molecule has 0 spiro atoms. The van der Waals surface area contributed by atoms with Gasteiger partial charge >= 0.3 is 0 Å². The molecule has 0 aliphatic heterocycles. The maximum atomic E-state index is 5.70. The minimum atomic E-state index is 0.206. The highest BCUT2D eigenvalue weighted by atomic mass is 16.5. The number of nitrogen functional groups attached to an aromatic ring is 1. The third kappa shape index (κ3) is 1.80. The van der Waals surface area contributed by atoms with Gasteiger partial charge in [-0.2, -0.15) is 0 Å². The van der Waals surface area contributed by atoms with E-state index in [0.717, 1.165) is 12.8 Å². The van der Waals surface area contributed by atoms with Gasteiger partial charge in [-0.15, -0.1) is 0 Å². The molecule has 14 heavy (non-hydrogen) atoms. The van der Waals surface area contributed by atoms with Crippen molar-refractivity contribution in [3.63, 3.8) is 0 Å². The van der Waals surface area contributed by atoms with Gasteiger partial charge in [0.15, 0.2) is 0 Å². The summed E-state index contributed by atoms with van der Waals surface area (Å²) in [4.78, 5) is 4.06. The minimum Gasteiger partial charge on any atom is -0.473 e. The molecular weight excluding hydrogens is 180 g/mol. The predicted octanol–water partition coefficient (Wildman–Crippen LogP) is 1.22. The van der Waals surface area contributed by atoms with E-state index in [1.54, 1.807) is 25.4 Å². The van der Waals surface area contributed by atoms with Crippen LogP contribution in [0.4, 0.5) is 5.69 Å². The molecule has 4 nitrogen and oxygen atoms in total. The third-order valence-electron chi connectivity index (χ3n) is 2.46. The molecule has 1 aliphatic rings. The number of pyridine rings is 1. The first kappa shape index (κ1) is 9.27. The second-order valence-electron chi connectivity index (χ2n) is 3.47. The number of aromatic nitrogens is 1. The largest absolute Gasteiger partial charge is 0.473 e. The van der Waals surface area contributed by atoms with Gasteiger partial charge in [-0.3, -0.25) is 0 Å². The molecule has 0 unspecified atom stereocenters. The van der Waals surface area contributed by atoms with Gasteiger partial charge in [0.25, 0.3) is 0 Å². The fourth-order valence-electron chi connectivity index (χ4n) is 1.47. The maximum Gasteiger partial charge on any atom is 0.237 e. The minimum absolute atomic E-state index is 0.206. The lowest BCUT2D eigenvalue weighted by Crippen LogP contribution is -2.39. The van der Waals surface area contributed by atoms with Crippen LogP contribution < -0.4 is 10.5 Å². The van der Waals surface area contributed by atoms with Crippen LogP contribution in [0, 0.1) is 0 Å². The number of nitrogens with two attached hydrogens (primary N) is 1. The SMILES string of the molecule is COC1CC(Oc2ncccc2N)C1. The van der Waals surface area contributed by atoms with E-state index in [1.165, 1.54) is 0 Å². The van der Waals surface area contributed by atoms with Crippen molar-refractivity contribution < 1.29 is 9.47 Å². The van der Waals surface area contributed by atoms with E-state index in [2.05, 4.69) is 4.98 Å². The third-order valence-corrected chi connectivity index (χ3v) is 2.46. The summed E-state index contributed by atoms with van der Waals surface area (Å²) < 4.78 is 10.7. The van der Waals surface area contributed by atoms with Crippen molar-refractivity contribution in [2.24, 2.45) is 0 Å². The molecule has 1 aromatic rings. The van der Waals surface area contributed by atoms with Gasteiger partial charge in [0.1, 0.15) is 6.10 Å². The number of hydrogen-bond acceptors (Lipinski definition) is 4. The van der Waals surface area contributed by atoms with Gasteiger partial charge in [-0.1, -0.05) is 0 Å². The highest BCUT2D eigenvalue weighted by Crippen LogP contribution is 2.28. The first-order chi connectivity index (χ1) is 6.79. The Morgan fingerprint density at radius 3 is 2.86 bits per heavy atom. The molecule has 2 N–H and O–H groups in total. The van der Waals surface area contributed by atoms with E-state index >= 15 is 0 Å². The molecule has 2 rings (SSSR count). The van der Waals surface area contributed by atoms with Crippen LogP contribution in [0.5, 0.6) is 5.88 Å². The van der Waals surface area contributed by atoms with Gasteiger partial charge in [0.2, 0.25) is 5.88 Å². The van der Waals surface area contributed by atoms with Crippen molar-refractivity contribution in [2.45, 2.75) is 25.0 Å². The molecule has 0 aromatic carbocycles. The number of nitrogens with zero attached hydrogens (tertiary/aromatic N) is 1. The van der Waals surface area contributed by atoms with E-state index in [4.69, 9.17) is 15.2 Å². The molecular formula is C10H14N2O2. The van der Waals surface area contributed by atoms with Crippen molar-refractivity contribution >= 4 is 5.69 Å². The first-order valence-electron chi connectivity index (χ1n) is 4.69. The number of hydrogen-bond donors (Lipinski definition) is 1. The molecule has 76 valence electrons. The maximum absolute atomic E-state index is 5.70. The molecule has 1 aromatic heterocycles. The van der Waals surface area contributed by atoms with Gasteiger partial charge < -0.3 is 15.2 Å². The Hall–Kier alpha value is -1.29. The zero-order chi connectivity index (χ0) is 9.97. The molecule has 1 aliphatic carbocycles. The molecule has 0 amide bonds. The van der Waals surface area contributed by atoms with Crippen molar-refractivity contribution in [1.82, 2.24) is 4.98 Å². The van der Waals surface area contributed by atoms with Crippen LogP contribution >= 0.6 is 0 Å². The fraction of sp³-hybridized carbons (Fsp3) is 0.500.